The van der Waals surface area contributed by atoms with E-state index in [-0.39, 0.29) is 16.0 Å². The SMILES string of the molecule is CC(OP(=O)(O)O)n1nc(Br)c(C(=O)Nc2ccc(F)cc2F)n1. The minimum absolute atomic E-state index is 0.0660. The monoisotopic (exact) mass is 426 g/mol. The van der Waals surface area contributed by atoms with E-state index < -0.39 is 31.6 Å². The van der Waals surface area contributed by atoms with E-state index in [0.717, 1.165) is 16.9 Å². The molecule has 1 atom stereocenters. The van der Waals surface area contributed by atoms with Crippen LogP contribution in [0.1, 0.15) is 23.6 Å². The molecule has 2 rings (SSSR count). The summed E-state index contributed by atoms with van der Waals surface area (Å²) in [4.78, 5) is 30.3. The maximum atomic E-state index is 13.5. The highest BCUT2D eigenvalue weighted by Crippen LogP contribution is 2.40. The summed E-state index contributed by atoms with van der Waals surface area (Å²) < 4.78 is 41.5. The lowest BCUT2D eigenvalue weighted by Gasteiger charge is -2.11. The first kappa shape index (κ1) is 18.6. The number of halogens is 3. The first-order chi connectivity index (χ1) is 11.1. The van der Waals surface area contributed by atoms with E-state index in [1.807, 2.05) is 0 Å². The molecular weight excluding hydrogens is 417 g/mol. The lowest BCUT2D eigenvalue weighted by Crippen LogP contribution is -2.16. The molecule has 1 unspecified atom stereocenters. The molecule has 3 N–H and O–H groups in total. The summed E-state index contributed by atoms with van der Waals surface area (Å²) in [6.07, 6.45) is -1.27. The lowest BCUT2D eigenvalue weighted by molar-refractivity contribution is 0.0762. The number of amides is 1. The summed E-state index contributed by atoms with van der Waals surface area (Å²) in [5.74, 6) is -2.66. The number of anilines is 1. The Morgan fingerprint density at radius 1 is 1.42 bits per heavy atom. The first-order valence-electron chi connectivity index (χ1n) is 6.19. The number of nitrogens with one attached hydrogen (secondary N) is 1. The Bertz CT molecular complexity index is 827. The van der Waals surface area contributed by atoms with Crippen molar-refractivity contribution in [1.82, 2.24) is 15.0 Å². The van der Waals surface area contributed by atoms with Gasteiger partial charge >= 0.3 is 7.82 Å². The van der Waals surface area contributed by atoms with E-state index in [4.69, 9.17) is 9.79 Å². The minimum Gasteiger partial charge on any atom is -0.318 e. The highest BCUT2D eigenvalue weighted by atomic mass is 79.9. The maximum Gasteiger partial charge on any atom is 0.471 e. The predicted octanol–water partition coefficient (Wildman–Crippen LogP) is 2.20. The number of phosphoric acid groups is 1. The second kappa shape index (κ2) is 7.03. The fourth-order valence-electron chi connectivity index (χ4n) is 1.62. The molecule has 1 aromatic carbocycles. The van der Waals surface area contributed by atoms with Crippen molar-refractivity contribution < 1.29 is 32.5 Å². The smallest absolute Gasteiger partial charge is 0.318 e. The number of phosphoric ester groups is 1. The van der Waals surface area contributed by atoms with Gasteiger partial charge in [0.05, 0.1) is 5.69 Å². The molecule has 0 radical (unpaired) electrons. The molecule has 0 fully saturated rings. The number of rotatable bonds is 5. The molecule has 2 aromatic rings. The fraction of sp³-hybridized carbons (Fsp3) is 0.182. The van der Waals surface area contributed by atoms with E-state index in [1.165, 1.54) is 6.92 Å². The van der Waals surface area contributed by atoms with Gasteiger partial charge in [-0.15, -0.1) is 10.2 Å². The lowest BCUT2D eigenvalue weighted by atomic mass is 10.3. The zero-order valence-corrected chi connectivity index (χ0v) is 14.3. The van der Waals surface area contributed by atoms with Crippen molar-refractivity contribution in [2.24, 2.45) is 0 Å². The molecule has 0 saturated carbocycles. The number of carbonyl (C=O) groups is 1. The minimum atomic E-state index is -4.78. The fourth-order valence-corrected chi connectivity index (χ4v) is 2.52. The van der Waals surface area contributed by atoms with Crippen molar-refractivity contribution in [3.05, 3.63) is 40.1 Å². The van der Waals surface area contributed by atoms with Crippen LogP contribution in [0.25, 0.3) is 0 Å². The normalized spacial score (nSPS) is 12.9. The molecule has 0 spiro atoms. The third kappa shape index (κ3) is 4.65. The van der Waals surface area contributed by atoms with Gasteiger partial charge in [0.25, 0.3) is 5.91 Å². The van der Waals surface area contributed by atoms with Gasteiger partial charge in [-0.1, -0.05) is 0 Å². The summed E-state index contributed by atoms with van der Waals surface area (Å²) in [7, 11) is -4.78. The van der Waals surface area contributed by atoms with Gasteiger partial charge in [0, 0.05) is 6.07 Å². The van der Waals surface area contributed by atoms with Gasteiger partial charge in [0.1, 0.15) is 11.6 Å². The van der Waals surface area contributed by atoms with Crippen LogP contribution in [0.2, 0.25) is 0 Å². The van der Waals surface area contributed by atoms with E-state index >= 15 is 0 Å². The topological polar surface area (TPSA) is 127 Å². The van der Waals surface area contributed by atoms with Crippen LogP contribution < -0.4 is 5.32 Å². The van der Waals surface area contributed by atoms with Crippen LogP contribution in [0.5, 0.6) is 0 Å². The van der Waals surface area contributed by atoms with Crippen molar-refractivity contribution >= 4 is 35.3 Å². The Labute approximate surface area is 142 Å². The van der Waals surface area contributed by atoms with Gasteiger partial charge in [-0.05, 0) is 35.0 Å². The summed E-state index contributed by atoms with van der Waals surface area (Å²) >= 11 is 2.95. The number of benzene rings is 1. The standard InChI is InChI=1S/C11H10BrF2N4O5P/c1-5(23-24(20,21)22)18-16-9(10(12)17-18)11(19)15-8-3-2-6(13)4-7(8)14/h2-5H,1H3,(H,15,19)(H2,20,21,22). The Balaban J connectivity index is 2.20. The van der Waals surface area contributed by atoms with Crippen LogP contribution in [0.3, 0.4) is 0 Å². The van der Waals surface area contributed by atoms with Crippen LogP contribution in [0.4, 0.5) is 14.5 Å². The van der Waals surface area contributed by atoms with E-state index in [2.05, 4.69) is 36.0 Å². The average Bonchev–Trinajstić information content (AvgIpc) is 2.82. The van der Waals surface area contributed by atoms with Crippen molar-refractivity contribution in [2.45, 2.75) is 13.2 Å². The second-order valence-electron chi connectivity index (χ2n) is 4.43. The second-order valence-corrected chi connectivity index (χ2v) is 6.38. The number of hydrogen-bond acceptors (Lipinski definition) is 5. The van der Waals surface area contributed by atoms with Gasteiger partial charge < -0.3 is 15.1 Å². The van der Waals surface area contributed by atoms with E-state index in [9.17, 15) is 18.1 Å². The molecule has 0 bridgehead atoms. The highest BCUT2D eigenvalue weighted by Gasteiger charge is 2.25. The highest BCUT2D eigenvalue weighted by molar-refractivity contribution is 9.10. The van der Waals surface area contributed by atoms with E-state index in [1.54, 1.807) is 0 Å². The number of carbonyl (C=O) groups excluding carboxylic acids is 1. The number of hydrogen-bond donors (Lipinski definition) is 3. The Morgan fingerprint density at radius 2 is 2.08 bits per heavy atom. The van der Waals surface area contributed by atoms with Crippen molar-refractivity contribution in [3.63, 3.8) is 0 Å². The molecule has 0 saturated heterocycles. The molecule has 13 heteroatoms. The molecule has 0 aliphatic carbocycles. The molecule has 1 aromatic heterocycles. The van der Waals surface area contributed by atoms with Crippen molar-refractivity contribution in [3.8, 4) is 0 Å². The third-order valence-electron chi connectivity index (χ3n) is 2.60. The summed E-state index contributed by atoms with van der Waals surface area (Å²) in [5, 5.41) is 9.63. The Kier molecular flexibility index (Phi) is 5.45. The van der Waals surface area contributed by atoms with Crippen LogP contribution in [0.15, 0.2) is 22.8 Å². The number of aromatic nitrogens is 3. The quantitative estimate of drug-likeness (QED) is 0.625. The Morgan fingerprint density at radius 3 is 2.67 bits per heavy atom. The molecule has 24 heavy (non-hydrogen) atoms. The van der Waals surface area contributed by atoms with Gasteiger partial charge in [0.2, 0.25) is 0 Å². The van der Waals surface area contributed by atoms with Crippen LogP contribution >= 0.6 is 23.8 Å². The van der Waals surface area contributed by atoms with Gasteiger partial charge in [-0.2, -0.15) is 4.80 Å². The van der Waals surface area contributed by atoms with Gasteiger partial charge in [-0.3, -0.25) is 9.32 Å². The Hall–Kier alpha value is -1.72. The zero-order valence-electron chi connectivity index (χ0n) is 11.9. The maximum absolute atomic E-state index is 13.5. The molecule has 1 heterocycles. The largest absolute Gasteiger partial charge is 0.471 e. The van der Waals surface area contributed by atoms with Crippen molar-refractivity contribution in [1.29, 1.82) is 0 Å². The predicted molar refractivity (Wildman–Crippen MR) is 79.9 cm³/mol. The van der Waals surface area contributed by atoms with Crippen LogP contribution in [0, 0.1) is 11.6 Å². The summed E-state index contributed by atoms with van der Waals surface area (Å²) in [6, 6.07) is 2.58. The van der Waals surface area contributed by atoms with Gasteiger partial charge in [0.15, 0.2) is 16.5 Å². The molecule has 1 amide bonds. The van der Waals surface area contributed by atoms with Crippen LogP contribution in [-0.4, -0.2) is 30.7 Å². The third-order valence-corrected chi connectivity index (χ3v) is 3.71. The van der Waals surface area contributed by atoms with Crippen LogP contribution in [-0.2, 0) is 9.09 Å². The zero-order chi connectivity index (χ0) is 18.1. The molecular formula is C11H10BrF2N4O5P. The number of nitrogens with zero attached hydrogens (tertiary/aromatic N) is 3. The average molecular weight is 427 g/mol. The van der Waals surface area contributed by atoms with Gasteiger partial charge in [-0.25, -0.2) is 13.3 Å². The first-order valence-corrected chi connectivity index (χ1v) is 8.52. The van der Waals surface area contributed by atoms with E-state index in [0.29, 0.717) is 6.07 Å². The summed E-state index contributed by atoms with van der Waals surface area (Å²) in [6.45, 7) is 1.24. The molecule has 0 aliphatic rings. The molecule has 0 aliphatic heterocycles. The molecule has 9 nitrogen and oxygen atoms in total. The van der Waals surface area contributed by atoms with Crippen molar-refractivity contribution in [2.75, 3.05) is 5.32 Å². The molecule has 130 valence electrons. The summed E-state index contributed by atoms with van der Waals surface area (Å²) in [5.41, 5.74) is -0.567.